The average molecular weight is 209 g/mol. The monoisotopic (exact) mass is 209 g/mol. The second kappa shape index (κ2) is 3.55. The van der Waals surface area contributed by atoms with E-state index in [1.165, 1.54) is 57.8 Å². The number of fused-ring (bicyclic) bond motifs is 1. The molecule has 2 heteroatoms. The minimum atomic E-state index is 0.364. The second-order valence-corrected chi connectivity index (χ2v) is 6.53. The van der Waals surface area contributed by atoms with E-state index in [4.69, 9.17) is 4.99 Å². The van der Waals surface area contributed by atoms with E-state index in [2.05, 4.69) is 11.8 Å². The zero-order valence-corrected chi connectivity index (χ0v) is 9.61. The van der Waals surface area contributed by atoms with E-state index in [9.17, 15) is 0 Å². The van der Waals surface area contributed by atoms with E-state index in [1.807, 2.05) is 0 Å². The molecule has 1 nitrogen and oxygen atoms in total. The Morgan fingerprint density at radius 1 is 1.07 bits per heavy atom. The lowest BCUT2D eigenvalue weighted by molar-refractivity contribution is 0.412. The maximum absolute atomic E-state index is 5.08. The second-order valence-electron chi connectivity index (χ2n) is 4.96. The highest BCUT2D eigenvalue weighted by molar-refractivity contribution is 8.02. The molecule has 0 aromatic carbocycles. The van der Waals surface area contributed by atoms with Crippen molar-refractivity contribution in [2.75, 3.05) is 0 Å². The number of aliphatic imine (C=N–C) groups is 1. The Morgan fingerprint density at radius 3 is 2.71 bits per heavy atom. The summed E-state index contributed by atoms with van der Waals surface area (Å²) in [7, 11) is 0. The Kier molecular flexibility index (Phi) is 2.35. The summed E-state index contributed by atoms with van der Waals surface area (Å²) in [5.74, 6) is 0. The van der Waals surface area contributed by atoms with Crippen LogP contribution in [0.2, 0.25) is 0 Å². The number of rotatable bonds is 0. The van der Waals surface area contributed by atoms with Crippen LogP contribution in [0.3, 0.4) is 0 Å². The van der Waals surface area contributed by atoms with Gasteiger partial charge < -0.3 is 0 Å². The van der Waals surface area contributed by atoms with Crippen molar-refractivity contribution in [3.8, 4) is 0 Å². The fourth-order valence-electron chi connectivity index (χ4n) is 3.11. The van der Waals surface area contributed by atoms with E-state index in [0.717, 1.165) is 5.25 Å². The minimum Gasteiger partial charge on any atom is -0.275 e. The van der Waals surface area contributed by atoms with Crippen LogP contribution < -0.4 is 0 Å². The van der Waals surface area contributed by atoms with Crippen LogP contribution >= 0.6 is 11.8 Å². The molecule has 0 unspecified atom stereocenters. The average Bonchev–Trinajstić information content (AvgIpc) is 2.56. The summed E-state index contributed by atoms with van der Waals surface area (Å²) in [4.78, 5) is 5.44. The highest BCUT2D eigenvalue weighted by atomic mass is 32.2. The minimum absolute atomic E-state index is 0.364. The maximum atomic E-state index is 5.08. The molecule has 0 saturated heterocycles. The van der Waals surface area contributed by atoms with Crippen molar-refractivity contribution in [3.05, 3.63) is 0 Å². The molecule has 0 N–H and O–H groups in total. The number of hydrogen-bond acceptors (Lipinski definition) is 2. The molecule has 0 aromatic heterocycles. The summed E-state index contributed by atoms with van der Waals surface area (Å²) in [5, 5.41) is 0.821. The summed E-state index contributed by atoms with van der Waals surface area (Å²) in [5.41, 5.74) is 1.57. The van der Waals surface area contributed by atoms with Crippen molar-refractivity contribution >= 4 is 17.5 Å². The number of hydrogen-bond donors (Lipinski definition) is 0. The third-order valence-electron chi connectivity index (χ3n) is 3.86. The van der Waals surface area contributed by atoms with Crippen molar-refractivity contribution in [2.45, 2.75) is 67.9 Å². The van der Waals surface area contributed by atoms with Gasteiger partial charge in [-0.3, -0.25) is 4.99 Å². The van der Waals surface area contributed by atoms with Gasteiger partial charge in [0.05, 0.1) is 0 Å². The summed E-state index contributed by atoms with van der Waals surface area (Å²) >= 11 is 2.21. The van der Waals surface area contributed by atoms with Gasteiger partial charge in [0.1, 0.15) is 4.87 Å². The molecule has 0 aromatic rings. The predicted octanol–water partition coefficient (Wildman–Crippen LogP) is 3.78. The molecular formula is C12H19NS. The van der Waals surface area contributed by atoms with Crippen LogP contribution in [0.15, 0.2) is 4.99 Å². The molecule has 78 valence electrons. The van der Waals surface area contributed by atoms with E-state index in [0.29, 0.717) is 4.87 Å². The SMILES string of the molecule is C1CCC2(CC1)N=C1CCCC[C@@H]1S2. The fourth-order valence-corrected chi connectivity index (χ4v) is 4.92. The molecule has 1 atom stereocenters. The molecule has 14 heavy (non-hydrogen) atoms. The standard InChI is InChI=1S/C12H19NS/c1-4-8-12(9-5-1)13-10-6-2-3-7-11(10)14-12/h11H,1-9H2/t11-/m0/s1. The zero-order valence-electron chi connectivity index (χ0n) is 8.80. The molecule has 1 heterocycles. The van der Waals surface area contributed by atoms with Gasteiger partial charge >= 0.3 is 0 Å². The van der Waals surface area contributed by atoms with Crippen molar-refractivity contribution < 1.29 is 0 Å². The molecule has 2 aliphatic carbocycles. The van der Waals surface area contributed by atoms with Gasteiger partial charge in [0.25, 0.3) is 0 Å². The Morgan fingerprint density at radius 2 is 1.93 bits per heavy atom. The van der Waals surface area contributed by atoms with Crippen molar-refractivity contribution in [3.63, 3.8) is 0 Å². The zero-order chi connectivity index (χ0) is 9.43. The molecule has 0 amide bonds. The molecule has 3 aliphatic rings. The molecular weight excluding hydrogens is 190 g/mol. The lowest BCUT2D eigenvalue weighted by atomic mass is 9.94. The first-order chi connectivity index (χ1) is 6.88. The van der Waals surface area contributed by atoms with Crippen molar-refractivity contribution in [1.82, 2.24) is 0 Å². The van der Waals surface area contributed by atoms with Crippen LogP contribution in [0.5, 0.6) is 0 Å². The lowest BCUT2D eigenvalue weighted by Gasteiger charge is -2.30. The van der Waals surface area contributed by atoms with Crippen LogP contribution in [-0.2, 0) is 0 Å². The summed E-state index contributed by atoms with van der Waals surface area (Å²) < 4.78 is 0. The van der Waals surface area contributed by atoms with Gasteiger partial charge in [0, 0.05) is 11.0 Å². The third-order valence-corrected chi connectivity index (χ3v) is 5.60. The van der Waals surface area contributed by atoms with E-state index < -0.39 is 0 Å². The summed E-state index contributed by atoms with van der Waals surface area (Å²) in [6, 6.07) is 0. The van der Waals surface area contributed by atoms with Crippen molar-refractivity contribution in [1.29, 1.82) is 0 Å². The van der Waals surface area contributed by atoms with Crippen LogP contribution in [0.4, 0.5) is 0 Å². The lowest BCUT2D eigenvalue weighted by Crippen LogP contribution is -2.23. The van der Waals surface area contributed by atoms with Crippen LogP contribution in [0.25, 0.3) is 0 Å². The number of thioether (sulfide) groups is 1. The van der Waals surface area contributed by atoms with Gasteiger partial charge in [-0.1, -0.05) is 25.7 Å². The smallest absolute Gasteiger partial charge is 0.106 e. The van der Waals surface area contributed by atoms with Gasteiger partial charge in [-0.05, 0) is 32.1 Å². The fraction of sp³-hybridized carbons (Fsp3) is 0.917. The van der Waals surface area contributed by atoms with Crippen molar-refractivity contribution in [2.24, 2.45) is 4.99 Å². The normalized spacial score (nSPS) is 35.4. The van der Waals surface area contributed by atoms with Crippen LogP contribution in [0, 0.1) is 0 Å². The van der Waals surface area contributed by atoms with Gasteiger partial charge in [-0.15, -0.1) is 11.8 Å². The Hall–Kier alpha value is 0.0200. The third kappa shape index (κ3) is 1.52. The molecule has 0 bridgehead atoms. The first-order valence-electron chi connectivity index (χ1n) is 6.14. The molecule has 2 fully saturated rings. The molecule has 1 aliphatic heterocycles. The largest absolute Gasteiger partial charge is 0.275 e. The van der Waals surface area contributed by atoms with Gasteiger partial charge in [0.2, 0.25) is 0 Å². The molecule has 1 spiro atoms. The van der Waals surface area contributed by atoms with Gasteiger partial charge in [0.15, 0.2) is 0 Å². The van der Waals surface area contributed by atoms with Gasteiger partial charge in [-0.2, -0.15) is 0 Å². The predicted molar refractivity (Wildman–Crippen MR) is 63.1 cm³/mol. The van der Waals surface area contributed by atoms with Gasteiger partial charge in [-0.25, -0.2) is 0 Å². The molecule has 2 saturated carbocycles. The molecule has 0 radical (unpaired) electrons. The Balaban J connectivity index is 1.80. The van der Waals surface area contributed by atoms with E-state index in [-0.39, 0.29) is 0 Å². The summed E-state index contributed by atoms with van der Waals surface area (Å²) in [6.07, 6.45) is 12.5. The summed E-state index contributed by atoms with van der Waals surface area (Å²) in [6.45, 7) is 0. The highest BCUT2D eigenvalue weighted by Crippen LogP contribution is 2.50. The first-order valence-corrected chi connectivity index (χ1v) is 7.02. The highest BCUT2D eigenvalue weighted by Gasteiger charge is 2.42. The topological polar surface area (TPSA) is 12.4 Å². The van der Waals surface area contributed by atoms with E-state index >= 15 is 0 Å². The quantitative estimate of drug-likeness (QED) is 0.591. The Labute approximate surface area is 90.8 Å². The Bertz CT molecular complexity index is 253. The van der Waals surface area contributed by atoms with Crippen LogP contribution in [-0.4, -0.2) is 15.8 Å². The molecule has 3 rings (SSSR count). The van der Waals surface area contributed by atoms with E-state index in [1.54, 1.807) is 5.71 Å². The first kappa shape index (κ1) is 9.26. The number of nitrogens with zero attached hydrogens (tertiary/aromatic N) is 1. The maximum Gasteiger partial charge on any atom is 0.106 e. The van der Waals surface area contributed by atoms with Crippen LogP contribution in [0.1, 0.15) is 57.8 Å².